The lowest BCUT2D eigenvalue weighted by molar-refractivity contribution is 0.215. The van der Waals surface area contributed by atoms with Crippen molar-refractivity contribution in [3.63, 3.8) is 0 Å². The fourth-order valence-corrected chi connectivity index (χ4v) is 3.20. The molecule has 33 heavy (non-hydrogen) atoms. The van der Waals surface area contributed by atoms with E-state index in [2.05, 4.69) is 16.0 Å². The van der Waals surface area contributed by atoms with Gasteiger partial charge in [-0.1, -0.05) is 60.7 Å². The Bertz CT molecular complexity index is 1100. The second-order valence-electron chi connectivity index (χ2n) is 7.34. The molecule has 0 aliphatic heterocycles. The molecule has 3 N–H and O–H groups in total. The van der Waals surface area contributed by atoms with E-state index in [0.717, 1.165) is 23.2 Å². The van der Waals surface area contributed by atoms with Crippen LogP contribution in [-0.4, -0.2) is 12.1 Å². The van der Waals surface area contributed by atoms with Gasteiger partial charge in [0.05, 0.1) is 0 Å². The molecule has 0 aliphatic carbocycles. The molecular weight excluding hydrogens is 414 g/mol. The first-order valence-electron chi connectivity index (χ1n) is 10.5. The largest absolute Gasteiger partial charge is 0.417 e. The van der Waals surface area contributed by atoms with Gasteiger partial charge in [-0.2, -0.15) is 0 Å². The second-order valence-corrected chi connectivity index (χ2v) is 7.34. The van der Waals surface area contributed by atoms with Gasteiger partial charge in [0.2, 0.25) is 0 Å². The quantitative estimate of drug-likeness (QED) is 0.321. The van der Waals surface area contributed by atoms with E-state index in [1.165, 1.54) is 0 Å². The van der Waals surface area contributed by atoms with Crippen LogP contribution in [0.15, 0.2) is 109 Å². The van der Waals surface area contributed by atoms with E-state index >= 15 is 0 Å². The summed E-state index contributed by atoms with van der Waals surface area (Å²) in [6, 6.07) is 33.2. The van der Waals surface area contributed by atoms with Gasteiger partial charge >= 0.3 is 12.1 Å². The molecule has 0 aliphatic rings. The zero-order chi connectivity index (χ0) is 22.9. The first-order chi connectivity index (χ1) is 16.1. The highest BCUT2D eigenvalue weighted by Crippen LogP contribution is 2.17. The first kappa shape index (κ1) is 21.6. The van der Waals surface area contributed by atoms with Gasteiger partial charge in [0.15, 0.2) is 0 Å². The molecule has 4 aromatic rings. The predicted molar refractivity (Wildman–Crippen MR) is 131 cm³/mol. The molecule has 0 radical (unpaired) electrons. The van der Waals surface area contributed by atoms with Gasteiger partial charge in [0, 0.05) is 17.1 Å². The van der Waals surface area contributed by atoms with Gasteiger partial charge in [-0.25, -0.2) is 9.59 Å². The van der Waals surface area contributed by atoms with Crippen molar-refractivity contribution in [3.05, 3.63) is 120 Å². The number of carbonyl (C=O) groups excluding carboxylic acids is 2. The Balaban J connectivity index is 1.27. The zero-order valence-electron chi connectivity index (χ0n) is 17.8. The van der Waals surface area contributed by atoms with E-state index in [0.29, 0.717) is 17.1 Å². The molecule has 0 fully saturated rings. The van der Waals surface area contributed by atoms with Gasteiger partial charge in [0.1, 0.15) is 5.75 Å². The molecular formula is C27H23N3O3. The Morgan fingerprint density at radius 2 is 1.00 bits per heavy atom. The minimum atomic E-state index is -0.534. The Morgan fingerprint density at radius 1 is 0.545 bits per heavy atom. The third-order valence-electron chi connectivity index (χ3n) is 4.81. The van der Waals surface area contributed by atoms with Crippen LogP contribution in [0.5, 0.6) is 5.75 Å². The van der Waals surface area contributed by atoms with Gasteiger partial charge in [0.25, 0.3) is 0 Å². The summed E-state index contributed by atoms with van der Waals surface area (Å²) in [6.45, 7) is 0. The summed E-state index contributed by atoms with van der Waals surface area (Å²) >= 11 is 0. The number of para-hydroxylation sites is 2. The van der Waals surface area contributed by atoms with Crippen molar-refractivity contribution in [1.29, 1.82) is 0 Å². The number of nitrogens with one attached hydrogen (secondary N) is 3. The topological polar surface area (TPSA) is 79.5 Å². The molecule has 0 aromatic heterocycles. The maximum atomic E-state index is 12.1. The second kappa shape index (κ2) is 10.6. The van der Waals surface area contributed by atoms with E-state index < -0.39 is 6.09 Å². The van der Waals surface area contributed by atoms with E-state index in [1.54, 1.807) is 24.3 Å². The molecule has 0 heterocycles. The molecule has 0 spiro atoms. The normalized spacial score (nSPS) is 10.2. The minimum absolute atomic E-state index is 0.289. The summed E-state index contributed by atoms with van der Waals surface area (Å²) in [5, 5.41) is 8.33. The molecule has 164 valence electrons. The van der Waals surface area contributed by atoms with Crippen LogP contribution in [-0.2, 0) is 6.42 Å². The van der Waals surface area contributed by atoms with Crippen LogP contribution in [0.1, 0.15) is 11.1 Å². The molecule has 6 heteroatoms. The van der Waals surface area contributed by atoms with E-state index in [4.69, 9.17) is 4.74 Å². The molecule has 0 saturated carbocycles. The van der Waals surface area contributed by atoms with Crippen LogP contribution in [0.3, 0.4) is 0 Å². The van der Waals surface area contributed by atoms with Crippen molar-refractivity contribution in [2.75, 3.05) is 16.0 Å². The van der Waals surface area contributed by atoms with Gasteiger partial charge in [-0.3, -0.25) is 5.32 Å². The average Bonchev–Trinajstić information content (AvgIpc) is 2.83. The van der Waals surface area contributed by atoms with Gasteiger partial charge < -0.3 is 15.4 Å². The third-order valence-corrected chi connectivity index (χ3v) is 4.81. The number of hydrogen-bond acceptors (Lipinski definition) is 3. The maximum Gasteiger partial charge on any atom is 0.417 e. The van der Waals surface area contributed by atoms with Crippen LogP contribution in [0.25, 0.3) is 0 Å². The van der Waals surface area contributed by atoms with Crippen LogP contribution >= 0.6 is 0 Å². The molecule has 0 unspecified atom stereocenters. The van der Waals surface area contributed by atoms with Gasteiger partial charge in [-0.15, -0.1) is 0 Å². The number of rotatable bonds is 6. The highest BCUT2D eigenvalue weighted by molar-refractivity contribution is 5.99. The molecule has 4 aromatic carbocycles. The van der Waals surface area contributed by atoms with Crippen molar-refractivity contribution in [2.24, 2.45) is 0 Å². The van der Waals surface area contributed by atoms with Crippen molar-refractivity contribution in [3.8, 4) is 5.75 Å². The lowest BCUT2D eigenvalue weighted by Gasteiger charge is -2.09. The maximum absolute atomic E-state index is 12.1. The number of urea groups is 1. The lowest BCUT2D eigenvalue weighted by Crippen LogP contribution is -2.19. The Labute approximate surface area is 192 Å². The Hall–Kier alpha value is -4.58. The zero-order valence-corrected chi connectivity index (χ0v) is 17.8. The van der Waals surface area contributed by atoms with E-state index in [9.17, 15) is 9.59 Å². The molecule has 0 atom stereocenters. The summed E-state index contributed by atoms with van der Waals surface area (Å²) in [6.07, 6.45) is 0.193. The fourth-order valence-electron chi connectivity index (χ4n) is 3.20. The van der Waals surface area contributed by atoms with Crippen LogP contribution in [0.2, 0.25) is 0 Å². The molecule has 3 amide bonds. The highest BCUT2D eigenvalue weighted by atomic mass is 16.6. The standard InChI is InChI=1S/C27H23N3O3/c31-26(28-22-7-3-1-4-8-22)29-23-15-11-20(12-16-23)19-21-13-17-24(18-14-21)30-27(32)33-25-9-5-2-6-10-25/h1-18H,19H2,(H,30,32)(H2,28,29,31). The van der Waals surface area contributed by atoms with Crippen molar-refractivity contribution < 1.29 is 14.3 Å². The van der Waals surface area contributed by atoms with E-state index in [1.807, 2.05) is 84.9 Å². The van der Waals surface area contributed by atoms with Crippen LogP contribution in [0, 0.1) is 0 Å². The number of anilines is 3. The Morgan fingerprint density at radius 3 is 1.55 bits per heavy atom. The summed E-state index contributed by atoms with van der Waals surface area (Å²) in [4.78, 5) is 24.1. The minimum Gasteiger partial charge on any atom is -0.410 e. The van der Waals surface area contributed by atoms with Crippen molar-refractivity contribution in [1.82, 2.24) is 0 Å². The summed E-state index contributed by atoms with van der Waals surface area (Å²) in [5.41, 5.74) is 4.30. The van der Waals surface area contributed by atoms with E-state index in [-0.39, 0.29) is 6.03 Å². The van der Waals surface area contributed by atoms with Crippen molar-refractivity contribution >= 4 is 29.2 Å². The summed E-state index contributed by atoms with van der Waals surface area (Å²) in [7, 11) is 0. The fraction of sp³-hybridized carbons (Fsp3) is 0.0370. The molecule has 6 nitrogen and oxygen atoms in total. The van der Waals surface area contributed by atoms with Crippen LogP contribution < -0.4 is 20.7 Å². The summed E-state index contributed by atoms with van der Waals surface area (Å²) in [5.74, 6) is 0.488. The molecule has 0 saturated heterocycles. The Kier molecular flexibility index (Phi) is 6.98. The lowest BCUT2D eigenvalue weighted by atomic mass is 10.0. The monoisotopic (exact) mass is 437 g/mol. The number of hydrogen-bond donors (Lipinski definition) is 3. The number of carbonyl (C=O) groups is 2. The van der Waals surface area contributed by atoms with Crippen LogP contribution in [0.4, 0.5) is 26.7 Å². The third kappa shape index (κ3) is 6.70. The molecule has 0 bridgehead atoms. The highest BCUT2D eigenvalue weighted by Gasteiger charge is 2.06. The molecule has 4 rings (SSSR count). The first-order valence-corrected chi connectivity index (χ1v) is 10.5. The predicted octanol–water partition coefficient (Wildman–Crippen LogP) is 6.53. The van der Waals surface area contributed by atoms with Crippen molar-refractivity contribution in [2.45, 2.75) is 6.42 Å². The average molecular weight is 437 g/mol. The number of benzene rings is 4. The SMILES string of the molecule is O=C(Nc1ccccc1)Nc1ccc(Cc2ccc(NC(=O)Oc3ccccc3)cc2)cc1. The number of ether oxygens (including phenoxy) is 1. The smallest absolute Gasteiger partial charge is 0.410 e. The summed E-state index contributed by atoms with van der Waals surface area (Å²) < 4.78 is 5.23. The number of amides is 3. The van der Waals surface area contributed by atoms with Gasteiger partial charge in [-0.05, 0) is 66.1 Å².